The summed E-state index contributed by atoms with van der Waals surface area (Å²) in [4.78, 5) is 11.6. The molecule has 1 aromatic rings. The molecule has 0 unspecified atom stereocenters. The first-order valence-corrected chi connectivity index (χ1v) is 5.55. The second kappa shape index (κ2) is 6.70. The Labute approximate surface area is 101 Å². The van der Waals surface area contributed by atoms with Crippen LogP contribution in [0, 0.1) is 0 Å². The summed E-state index contributed by atoms with van der Waals surface area (Å²) in [5, 5.41) is 11.9. The number of phenolic OH excluding ortho intramolecular Hbond substituents is 1. The van der Waals surface area contributed by atoms with Gasteiger partial charge in [-0.2, -0.15) is 0 Å². The molecule has 0 bridgehead atoms. The first-order chi connectivity index (χ1) is 8.13. The summed E-state index contributed by atoms with van der Waals surface area (Å²) in [6, 6.07) is 6.11. The molecule has 0 aliphatic heterocycles. The predicted octanol–water partition coefficient (Wildman–Crippen LogP) is 0.954. The van der Waals surface area contributed by atoms with Crippen LogP contribution in [0.5, 0.6) is 5.75 Å². The highest BCUT2D eigenvalue weighted by Gasteiger charge is 2.12. The lowest BCUT2D eigenvalue weighted by Gasteiger charge is -2.11. The van der Waals surface area contributed by atoms with Gasteiger partial charge < -0.3 is 16.2 Å². The van der Waals surface area contributed by atoms with E-state index in [1.165, 1.54) is 0 Å². The van der Waals surface area contributed by atoms with Gasteiger partial charge in [0.15, 0.2) is 0 Å². The maximum absolute atomic E-state index is 11.6. The van der Waals surface area contributed by atoms with Crippen LogP contribution in [0.3, 0.4) is 0 Å². The van der Waals surface area contributed by atoms with Gasteiger partial charge in [0.2, 0.25) is 5.91 Å². The minimum atomic E-state index is -0.565. The molecule has 0 aromatic heterocycles. The Kier molecular flexibility index (Phi) is 5.23. The summed E-state index contributed by atoms with van der Waals surface area (Å²) in [6.45, 7) is 4.13. The third-order valence-corrected chi connectivity index (χ3v) is 2.38. The molecule has 0 saturated carbocycles. The third-order valence-electron chi connectivity index (χ3n) is 2.38. The number of rotatable bonds is 6. The molecule has 4 N–H and O–H groups in total. The Morgan fingerprint density at radius 2 is 2.12 bits per heavy atom. The minimum absolute atomic E-state index is 0.167. The fraction of sp³-hybridized carbons (Fsp3) is 0.308. The lowest BCUT2D eigenvalue weighted by Crippen LogP contribution is -2.42. The van der Waals surface area contributed by atoms with Crippen molar-refractivity contribution in [2.45, 2.75) is 18.9 Å². The van der Waals surface area contributed by atoms with Gasteiger partial charge in [0.05, 0.1) is 6.04 Å². The third kappa shape index (κ3) is 4.70. The lowest BCUT2D eigenvalue weighted by molar-refractivity contribution is -0.122. The minimum Gasteiger partial charge on any atom is -0.508 e. The standard InChI is InChI=1S/C13H18N2O2/c1-2-3-8-15-13(17)12(14)9-10-4-6-11(16)7-5-10/h2,4-7,12,16H,1,3,8-9,14H2,(H,15,17)/t12-/m0/s1. The molecule has 1 amide bonds. The summed E-state index contributed by atoms with van der Waals surface area (Å²) in [6.07, 6.45) is 2.93. The Hall–Kier alpha value is -1.81. The fourth-order valence-corrected chi connectivity index (χ4v) is 1.41. The van der Waals surface area contributed by atoms with E-state index >= 15 is 0 Å². The first-order valence-electron chi connectivity index (χ1n) is 5.55. The van der Waals surface area contributed by atoms with Crippen molar-refractivity contribution < 1.29 is 9.90 Å². The Morgan fingerprint density at radius 1 is 1.47 bits per heavy atom. The molecule has 0 radical (unpaired) electrons. The highest BCUT2D eigenvalue weighted by Crippen LogP contribution is 2.10. The normalized spacial score (nSPS) is 11.8. The van der Waals surface area contributed by atoms with E-state index in [0.29, 0.717) is 13.0 Å². The second-order valence-electron chi connectivity index (χ2n) is 3.85. The number of aromatic hydroxyl groups is 1. The van der Waals surface area contributed by atoms with Crippen LogP contribution >= 0.6 is 0 Å². The zero-order valence-corrected chi connectivity index (χ0v) is 9.73. The average molecular weight is 234 g/mol. The van der Waals surface area contributed by atoms with Crippen LogP contribution in [-0.4, -0.2) is 23.6 Å². The van der Waals surface area contributed by atoms with Crippen LogP contribution in [0.4, 0.5) is 0 Å². The molecule has 4 nitrogen and oxygen atoms in total. The van der Waals surface area contributed by atoms with Crippen LogP contribution in [0.2, 0.25) is 0 Å². The van der Waals surface area contributed by atoms with E-state index in [4.69, 9.17) is 10.8 Å². The molecule has 1 rings (SSSR count). The molecular weight excluding hydrogens is 216 g/mol. The molecule has 0 saturated heterocycles. The molecule has 1 atom stereocenters. The van der Waals surface area contributed by atoms with Crippen LogP contribution in [0.15, 0.2) is 36.9 Å². The van der Waals surface area contributed by atoms with Gasteiger partial charge in [0.25, 0.3) is 0 Å². The zero-order chi connectivity index (χ0) is 12.7. The maximum Gasteiger partial charge on any atom is 0.237 e. The van der Waals surface area contributed by atoms with Crippen LogP contribution < -0.4 is 11.1 Å². The van der Waals surface area contributed by atoms with E-state index in [1.54, 1.807) is 30.3 Å². The summed E-state index contributed by atoms with van der Waals surface area (Å²) < 4.78 is 0. The number of nitrogens with one attached hydrogen (secondary N) is 1. The van der Waals surface area contributed by atoms with Gasteiger partial charge in [-0.3, -0.25) is 4.79 Å². The van der Waals surface area contributed by atoms with E-state index in [1.807, 2.05) is 0 Å². The molecule has 1 aromatic carbocycles. The number of hydrogen-bond acceptors (Lipinski definition) is 3. The van der Waals surface area contributed by atoms with Gasteiger partial charge >= 0.3 is 0 Å². The van der Waals surface area contributed by atoms with Crippen molar-refractivity contribution in [2.75, 3.05) is 6.54 Å². The van der Waals surface area contributed by atoms with Gasteiger partial charge in [-0.25, -0.2) is 0 Å². The monoisotopic (exact) mass is 234 g/mol. The van der Waals surface area contributed by atoms with Crippen molar-refractivity contribution in [2.24, 2.45) is 5.73 Å². The summed E-state index contributed by atoms with van der Waals surface area (Å²) >= 11 is 0. The highest BCUT2D eigenvalue weighted by molar-refractivity contribution is 5.81. The van der Waals surface area contributed by atoms with Gasteiger partial charge in [-0.15, -0.1) is 6.58 Å². The number of amides is 1. The number of nitrogens with two attached hydrogens (primary N) is 1. The number of benzene rings is 1. The number of phenols is 1. The maximum atomic E-state index is 11.6. The Morgan fingerprint density at radius 3 is 2.71 bits per heavy atom. The quantitative estimate of drug-likeness (QED) is 0.507. The molecule has 0 aliphatic carbocycles. The van der Waals surface area contributed by atoms with Gasteiger partial charge in [0.1, 0.15) is 5.75 Å². The molecule has 0 aliphatic rings. The van der Waals surface area contributed by atoms with Gasteiger partial charge in [0, 0.05) is 6.54 Å². The Balaban J connectivity index is 2.42. The fourth-order valence-electron chi connectivity index (χ4n) is 1.41. The Bertz CT molecular complexity index is 374. The number of carbonyl (C=O) groups is 1. The van der Waals surface area contributed by atoms with Crippen molar-refractivity contribution in [1.82, 2.24) is 5.32 Å². The van der Waals surface area contributed by atoms with Crippen LogP contribution in [0.25, 0.3) is 0 Å². The summed E-state index contributed by atoms with van der Waals surface area (Å²) in [7, 11) is 0. The van der Waals surface area contributed by atoms with Crippen molar-refractivity contribution in [1.29, 1.82) is 0 Å². The SMILES string of the molecule is C=CCCNC(=O)[C@@H](N)Cc1ccc(O)cc1. The smallest absolute Gasteiger partial charge is 0.237 e. The second-order valence-corrected chi connectivity index (χ2v) is 3.85. The lowest BCUT2D eigenvalue weighted by atomic mass is 10.1. The van der Waals surface area contributed by atoms with E-state index in [9.17, 15) is 4.79 Å². The summed E-state index contributed by atoms with van der Waals surface area (Å²) in [5.74, 6) is 0.0395. The number of hydrogen-bond donors (Lipinski definition) is 3. The molecule has 4 heteroatoms. The first kappa shape index (κ1) is 13.3. The number of carbonyl (C=O) groups excluding carboxylic acids is 1. The van der Waals surface area contributed by atoms with E-state index < -0.39 is 6.04 Å². The van der Waals surface area contributed by atoms with E-state index in [2.05, 4.69) is 11.9 Å². The largest absolute Gasteiger partial charge is 0.508 e. The van der Waals surface area contributed by atoms with Crippen molar-refractivity contribution in [3.8, 4) is 5.75 Å². The molecule has 17 heavy (non-hydrogen) atoms. The van der Waals surface area contributed by atoms with Gasteiger partial charge in [-0.05, 0) is 30.5 Å². The van der Waals surface area contributed by atoms with Crippen molar-refractivity contribution >= 4 is 5.91 Å². The molecule has 0 fully saturated rings. The predicted molar refractivity (Wildman–Crippen MR) is 67.6 cm³/mol. The average Bonchev–Trinajstić information content (AvgIpc) is 2.32. The van der Waals surface area contributed by atoms with Crippen LogP contribution in [0.1, 0.15) is 12.0 Å². The van der Waals surface area contributed by atoms with E-state index in [0.717, 1.165) is 12.0 Å². The van der Waals surface area contributed by atoms with Crippen molar-refractivity contribution in [3.05, 3.63) is 42.5 Å². The van der Waals surface area contributed by atoms with Crippen LogP contribution in [-0.2, 0) is 11.2 Å². The zero-order valence-electron chi connectivity index (χ0n) is 9.73. The summed E-state index contributed by atoms with van der Waals surface area (Å²) in [5.41, 5.74) is 6.69. The molecule has 0 heterocycles. The molecule has 0 spiro atoms. The van der Waals surface area contributed by atoms with Crippen molar-refractivity contribution in [3.63, 3.8) is 0 Å². The van der Waals surface area contributed by atoms with Gasteiger partial charge in [-0.1, -0.05) is 18.2 Å². The topological polar surface area (TPSA) is 75.4 Å². The molecule has 92 valence electrons. The van der Waals surface area contributed by atoms with E-state index in [-0.39, 0.29) is 11.7 Å². The molecular formula is C13H18N2O2. The highest BCUT2D eigenvalue weighted by atomic mass is 16.3.